The number of ether oxygens (including phenoxy) is 6. The number of thiol groups is 2. The standard InChI is InChI=1S/C22H46O6S4/c1-4-8-23-11-12-26-17-19-32-31-18-7-22(5-9-24-13-15-27-20(2)29)6-10-25-14-16-28-21(3)30/h20-22,29-30H,4-19H2,1-3H3. The molecular formula is C22H46O6S4. The van der Waals surface area contributed by atoms with E-state index in [1.165, 1.54) is 0 Å². The SMILES string of the molecule is CCCOCCOCCSSCCC(CCOCCOC(C)S)CCOCCOC(C)S. The first kappa shape index (κ1) is 33.2. The summed E-state index contributed by atoms with van der Waals surface area (Å²) in [4.78, 5) is 0. The van der Waals surface area contributed by atoms with E-state index in [0.717, 1.165) is 63.6 Å². The summed E-state index contributed by atoms with van der Waals surface area (Å²) < 4.78 is 33.2. The maximum Gasteiger partial charge on any atom is 0.0972 e. The van der Waals surface area contributed by atoms with E-state index in [9.17, 15) is 0 Å². The van der Waals surface area contributed by atoms with Crippen LogP contribution in [0.15, 0.2) is 0 Å². The Hall–Kier alpha value is 1.16. The molecule has 0 aromatic heterocycles. The van der Waals surface area contributed by atoms with Crippen LogP contribution in [0.5, 0.6) is 0 Å². The zero-order valence-corrected chi connectivity index (χ0v) is 23.6. The van der Waals surface area contributed by atoms with Crippen LogP contribution in [0.25, 0.3) is 0 Å². The molecule has 0 aromatic carbocycles. The third-order valence-electron chi connectivity index (χ3n) is 4.24. The van der Waals surface area contributed by atoms with E-state index in [2.05, 4.69) is 32.2 Å². The smallest absolute Gasteiger partial charge is 0.0972 e. The minimum absolute atomic E-state index is 0.0488. The summed E-state index contributed by atoms with van der Waals surface area (Å²) in [5.41, 5.74) is -0.0975. The zero-order chi connectivity index (χ0) is 23.7. The van der Waals surface area contributed by atoms with Crippen molar-refractivity contribution in [3.05, 3.63) is 0 Å². The van der Waals surface area contributed by atoms with Crippen LogP contribution in [0.4, 0.5) is 0 Å². The molecule has 0 aliphatic rings. The van der Waals surface area contributed by atoms with Gasteiger partial charge in [0.05, 0.1) is 57.1 Å². The van der Waals surface area contributed by atoms with Gasteiger partial charge in [0, 0.05) is 31.3 Å². The average Bonchev–Trinajstić information content (AvgIpc) is 2.75. The summed E-state index contributed by atoms with van der Waals surface area (Å²) in [6.07, 6.45) is 4.29. The fraction of sp³-hybridized carbons (Fsp3) is 1.00. The lowest BCUT2D eigenvalue weighted by Gasteiger charge is -2.17. The third-order valence-corrected chi connectivity index (χ3v) is 6.94. The van der Waals surface area contributed by atoms with Crippen molar-refractivity contribution in [2.24, 2.45) is 5.92 Å². The Kier molecular flexibility index (Phi) is 27.7. The van der Waals surface area contributed by atoms with Gasteiger partial charge in [-0.05, 0) is 45.4 Å². The van der Waals surface area contributed by atoms with Crippen LogP contribution in [0.2, 0.25) is 0 Å². The van der Waals surface area contributed by atoms with Crippen molar-refractivity contribution in [3.63, 3.8) is 0 Å². The Balaban J connectivity index is 3.83. The quantitative estimate of drug-likeness (QED) is 0.0678. The Labute approximate surface area is 215 Å². The van der Waals surface area contributed by atoms with Gasteiger partial charge in [0.2, 0.25) is 0 Å². The van der Waals surface area contributed by atoms with Gasteiger partial charge >= 0.3 is 0 Å². The van der Waals surface area contributed by atoms with Crippen molar-refractivity contribution in [1.29, 1.82) is 0 Å². The van der Waals surface area contributed by atoms with Gasteiger partial charge in [-0.1, -0.05) is 28.5 Å². The molecule has 0 amide bonds. The molecule has 0 spiro atoms. The summed E-state index contributed by atoms with van der Waals surface area (Å²) >= 11 is 8.40. The summed E-state index contributed by atoms with van der Waals surface area (Å²) in [6.45, 7) is 12.8. The molecule has 10 heteroatoms. The molecule has 0 heterocycles. The summed E-state index contributed by atoms with van der Waals surface area (Å²) in [5, 5.41) is 0. The van der Waals surface area contributed by atoms with Crippen LogP contribution in [0.1, 0.15) is 46.5 Å². The maximum atomic E-state index is 5.73. The van der Waals surface area contributed by atoms with Gasteiger partial charge in [-0.15, -0.1) is 25.3 Å². The van der Waals surface area contributed by atoms with E-state index < -0.39 is 0 Å². The summed E-state index contributed by atoms with van der Waals surface area (Å²) in [7, 11) is 3.80. The van der Waals surface area contributed by atoms with E-state index in [1.54, 1.807) is 0 Å². The highest BCUT2D eigenvalue weighted by Gasteiger charge is 2.10. The van der Waals surface area contributed by atoms with Crippen molar-refractivity contribution < 1.29 is 28.4 Å². The van der Waals surface area contributed by atoms with E-state index in [-0.39, 0.29) is 10.9 Å². The van der Waals surface area contributed by atoms with Gasteiger partial charge in [0.1, 0.15) is 0 Å². The molecule has 0 N–H and O–H groups in total. The van der Waals surface area contributed by atoms with Gasteiger partial charge in [-0.2, -0.15) is 0 Å². The molecule has 0 aliphatic heterocycles. The second-order valence-corrected chi connectivity index (χ2v) is 11.4. The first-order valence-corrected chi connectivity index (χ1v) is 15.2. The first-order valence-electron chi connectivity index (χ1n) is 11.7. The normalized spacial score (nSPS) is 14.5. The Morgan fingerprint density at radius 3 is 1.56 bits per heavy atom. The fourth-order valence-corrected chi connectivity index (χ4v) is 4.85. The highest BCUT2D eigenvalue weighted by Crippen LogP contribution is 2.25. The van der Waals surface area contributed by atoms with Crippen molar-refractivity contribution >= 4 is 46.8 Å². The minimum Gasteiger partial charge on any atom is -0.379 e. The van der Waals surface area contributed by atoms with Crippen LogP contribution in [-0.2, 0) is 28.4 Å². The Morgan fingerprint density at radius 1 is 0.562 bits per heavy atom. The van der Waals surface area contributed by atoms with Crippen molar-refractivity contribution in [2.75, 3.05) is 77.6 Å². The molecule has 0 saturated carbocycles. The summed E-state index contributed by atoms with van der Waals surface area (Å²) in [6, 6.07) is 0. The second-order valence-electron chi connectivity index (χ2n) is 7.27. The molecule has 2 unspecified atom stereocenters. The topological polar surface area (TPSA) is 55.4 Å². The molecular weight excluding hydrogens is 489 g/mol. The summed E-state index contributed by atoms with van der Waals surface area (Å²) in [5.74, 6) is 2.71. The molecule has 0 bridgehead atoms. The molecule has 6 nitrogen and oxygen atoms in total. The number of hydrogen-bond donors (Lipinski definition) is 2. The molecule has 0 aromatic rings. The average molecular weight is 535 g/mol. The first-order chi connectivity index (χ1) is 15.6. The molecule has 0 saturated heterocycles. The van der Waals surface area contributed by atoms with E-state index >= 15 is 0 Å². The number of rotatable bonds is 26. The number of hydrogen-bond acceptors (Lipinski definition) is 10. The molecule has 32 heavy (non-hydrogen) atoms. The lowest BCUT2D eigenvalue weighted by molar-refractivity contribution is 0.0283. The van der Waals surface area contributed by atoms with Crippen LogP contribution < -0.4 is 0 Å². The van der Waals surface area contributed by atoms with Gasteiger partial charge in [-0.3, -0.25) is 0 Å². The maximum absolute atomic E-state index is 5.73. The van der Waals surface area contributed by atoms with Gasteiger partial charge < -0.3 is 28.4 Å². The lowest BCUT2D eigenvalue weighted by atomic mass is 9.99. The van der Waals surface area contributed by atoms with Crippen molar-refractivity contribution in [1.82, 2.24) is 0 Å². The van der Waals surface area contributed by atoms with Gasteiger partial charge in [0.25, 0.3) is 0 Å². The van der Waals surface area contributed by atoms with Crippen molar-refractivity contribution in [2.45, 2.75) is 57.3 Å². The van der Waals surface area contributed by atoms with Crippen molar-refractivity contribution in [3.8, 4) is 0 Å². The zero-order valence-electron chi connectivity index (χ0n) is 20.2. The molecule has 2 atom stereocenters. The molecule has 0 aliphatic carbocycles. The molecule has 194 valence electrons. The highest BCUT2D eigenvalue weighted by molar-refractivity contribution is 8.76. The molecule has 0 rings (SSSR count). The minimum atomic E-state index is -0.0488. The molecule has 0 radical (unpaired) electrons. The van der Waals surface area contributed by atoms with Crippen LogP contribution >= 0.6 is 46.8 Å². The Bertz CT molecular complexity index is 347. The predicted octanol–water partition coefficient (Wildman–Crippen LogP) is 5.22. The van der Waals surface area contributed by atoms with Crippen LogP contribution in [-0.4, -0.2) is 88.4 Å². The predicted molar refractivity (Wildman–Crippen MR) is 145 cm³/mol. The Morgan fingerprint density at radius 2 is 1.03 bits per heavy atom. The fourth-order valence-electron chi connectivity index (χ4n) is 2.58. The second kappa shape index (κ2) is 26.8. The van der Waals surface area contributed by atoms with Gasteiger partial charge in [-0.25, -0.2) is 0 Å². The lowest BCUT2D eigenvalue weighted by Crippen LogP contribution is -2.14. The highest BCUT2D eigenvalue weighted by atomic mass is 33.1. The van der Waals surface area contributed by atoms with Crippen LogP contribution in [0.3, 0.4) is 0 Å². The van der Waals surface area contributed by atoms with E-state index in [4.69, 9.17) is 28.4 Å². The monoisotopic (exact) mass is 534 g/mol. The van der Waals surface area contributed by atoms with Crippen LogP contribution in [0, 0.1) is 5.92 Å². The third kappa shape index (κ3) is 27.4. The largest absolute Gasteiger partial charge is 0.379 e. The van der Waals surface area contributed by atoms with E-state index in [0.29, 0.717) is 45.6 Å². The van der Waals surface area contributed by atoms with Gasteiger partial charge in [0.15, 0.2) is 0 Å². The molecule has 0 fully saturated rings. The van der Waals surface area contributed by atoms with E-state index in [1.807, 2.05) is 35.4 Å².